The zero-order valence-corrected chi connectivity index (χ0v) is 16.4. The summed E-state index contributed by atoms with van der Waals surface area (Å²) in [5, 5.41) is 19.5. The van der Waals surface area contributed by atoms with Crippen LogP contribution in [-0.4, -0.2) is 32.4 Å². The number of carbonyl (C=O) groups excluding carboxylic acids is 1. The Labute approximate surface area is 167 Å². The van der Waals surface area contributed by atoms with Gasteiger partial charge in [0, 0.05) is 17.7 Å². The normalized spacial score (nSPS) is 18.4. The van der Waals surface area contributed by atoms with E-state index in [0.29, 0.717) is 23.7 Å². The van der Waals surface area contributed by atoms with Crippen LogP contribution in [0.25, 0.3) is 0 Å². The molecule has 1 saturated heterocycles. The van der Waals surface area contributed by atoms with Crippen molar-refractivity contribution in [1.29, 1.82) is 0 Å². The van der Waals surface area contributed by atoms with Gasteiger partial charge < -0.3 is 0 Å². The first-order chi connectivity index (χ1) is 13.5. The SMILES string of the molecule is CC[C@@H]1S/C(=N/N=C\c2cccc([N+](=O)[O-])c2)N(Cc2ccccc2C)C1=O. The highest BCUT2D eigenvalue weighted by atomic mass is 32.2. The molecule has 0 aliphatic carbocycles. The van der Waals surface area contributed by atoms with Gasteiger partial charge in [-0.2, -0.15) is 5.10 Å². The number of benzene rings is 2. The van der Waals surface area contributed by atoms with E-state index in [1.807, 2.05) is 38.1 Å². The van der Waals surface area contributed by atoms with Crippen LogP contribution in [0.5, 0.6) is 0 Å². The van der Waals surface area contributed by atoms with Crippen molar-refractivity contribution in [3.8, 4) is 0 Å². The van der Waals surface area contributed by atoms with E-state index in [4.69, 9.17) is 0 Å². The first-order valence-corrected chi connectivity index (χ1v) is 9.75. The van der Waals surface area contributed by atoms with Crippen LogP contribution in [0.4, 0.5) is 5.69 Å². The fourth-order valence-corrected chi connectivity index (χ4v) is 3.84. The Morgan fingerprint density at radius 2 is 2.04 bits per heavy atom. The minimum absolute atomic E-state index is 0.00533. The van der Waals surface area contributed by atoms with Crippen LogP contribution in [0.15, 0.2) is 58.7 Å². The van der Waals surface area contributed by atoms with Crippen LogP contribution < -0.4 is 0 Å². The number of hydrogen-bond donors (Lipinski definition) is 0. The quantitative estimate of drug-likeness (QED) is 0.417. The molecule has 2 aromatic carbocycles. The fourth-order valence-electron chi connectivity index (χ4n) is 2.81. The summed E-state index contributed by atoms with van der Waals surface area (Å²) in [4.78, 5) is 24.8. The lowest BCUT2D eigenvalue weighted by Gasteiger charge is -2.17. The van der Waals surface area contributed by atoms with Crippen LogP contribution >= 0.6 is 11.8 Å². The summed E-state index contributed by atoms with van der Waals surface area (Å²) in [6.07, 6.45) is 2.16. The van der Waals surface area contributed by atoms with Gasteiger partial charge in [-0.3, -0.25) is 19.8 Å². The lowest BCUT2D eigenvalue weighted by atomic mass is 10.1. The molecule has 1 aliphatic heterocycles. The number of amides is 1. The van der Waals surface area contributed by atoms with E-state index in [1.165, 1.54) is 30.1 Å². The van der Waals surface area contributed by atoms with Crippen molar-refractivity contribution in [2.45, 2.75) is 32.1 Å². The van der Waals surface area contributed by atoms with Gasteiger partial charge >= 0.3 is 0 Å². The third-order valence-electron chi connectivity index (χ3n) is 4.41. The monoisotopic (exact) mass is 396 g/mol. The average molecular weight is 396 g/mol. The molecule has 0 unspecified atom stereocenters. The van der Waals surface area contributed by atoms with Gasteiger partial charge in [0.25, 0.3) is 5.69 Å². The number of amidine groups is 1. The number of carbonyl (C=O) groups is 1. The van der Waals surface area contributed by atoms with E-state index < -0.39 is 4.92 Å². The summed E-state index contributed by atoms with van der Waals surface area (Å²) in [5.74, 6) is 0.0278. The minimum atomic E-state index is -0.454. The molecule has 1 atom stereocenters. The summed E-state index contributed by atoms with van der Waals surface area (Å²) >= 11 is 1.40. The second-order valence-electron chi connectivity index (χ2n) is 6.34. The van der Waals surface area contributed by atoms with Crippen LogP contribution in [0.1, 0.15) is 30.0 Å². The molecule has 1 fully saturated rings. The molecule has 28 heavy (non-hydrogen) atoms. The molecule has 8 heteroatoms. The highest BCUT2D eigenvalue weighted by Crippen LogP contribution is 2.31. The van der Waals surface area contributed by atoms with Gasteiger partial charge in [0.2, 0.25) is 5.91 Å². The molecular formula is C20H20N4O3S. The predicted octanol–water partition coefficient (Wildman–Crippen LogP) is 4.15. The van der Waals surface area contributed by atoms with Gasteiger partial charge in [0.05, 0.1) is 22.9 Å². The number of hydrogen-bond acceptors (Lipinski definition) is 6. The molecule has 0 bridgehead atoms. The molecule has 1 aliphatic rings. The average Bonchev–Trinajstić information content (AvgIpc) is 2.99. The Hall–Kier alpha value is -3.00. The largest absolute Gasteiger partial charge is 0.284 e. The molecule has 2 aromatic rings. The van der Waals surface area contributed by atoms with Gasteiger partial charge in [-0.25, -0.2) is 0 Å². The Morgan fingerprint density at radius 1 is 1.25 bits per heavy atom. The zero-order valence-electron chi connectivity index (χ0n) is 15.6. The molecule has 7 nitrogen and oxygen atoms in total. The number of rotatable bonds is 6. The smallest absolute Gasteiger partial charge is 0.270 e. The number of nitro groups is 1. The predicted molar refractivity (Wildman–Crippen MR) is 112 cm³/mol. The van der Waals surface area contributed by atoms with E-state index in [9.17, 15) is 14.9 Å². The highest BCUT2D eigenvalue weighted by molar-refractivity contribution is 8.15. The van der Waals surface area contributed by atoms with Gasteiger partial charge in [-0.1, -0.05) is 55.1 Å². The van der Waals surface area contributed by atoms with Crippen LogP contribution in [0, 0.1) is 17.0 Å². The van der Waals surface area contributed by atoms with Crippen molar-refractivity contribution in [2.24, 2.45) is 10.2 Å². The molecule has 0 aromatic heterocycles. The minimum Gasteiger partial charge on any atom is -0.284 e. The van der Waals surface area contributed by atoms with E-state index >= 15 is 0 Å². The third kappa shape index (κ3) is 4.45. The van der Waals surface area contributed by atoms with E-state index in [1.54, 1.807) is 17.0 Å². The van der Waals surface area contributed by atoms with Crippen molar-refractivity contribution < 1.29 is 9.72 Å². The highest BCUT2D eigenvalue weighted by Gasteiger charge is 2.37. The lowest BCUT2D eigenvalue weighted by Crippen LogP contribution is -2.31. The summed E-state index contributed by atoms with van der Waals surface area (Å²) in [5.41, 5.74) is 2.74. The Morgan fingerprint density at radius 3 is 2.75 bits per heavy atom. The molecule has 0 spiro atoms. The second-order valence-corrected chi connectivity index (χ2v) is 7.51. The molecule has 3 rings (SSSR count). The molecular weight excluding hydrogens is 376 g/mol. The van der Waals surface area contributed by atoms with Crippen molar-refractivity contribution in [3.63, 3.8) is 0 Å². The lowest BCUT2D eigenvalue weighted by molar-refractivity contribution is -0.384. The number of thioether (sulfide) groups is 1. The first-order valence-electron chi connectivity index (χ1n) is 8.87. The second kappa shape index (κ2) is 8.79. The standard InChI is InChI=1S/C20H20N4O3S/c1-3-18-19(25)23(13-16-9-5-4-7-14(16)2)20(28-18)22-21-12-15-8-6-10-17(11-15)24(26)27/h4-12,18H,3,13H2,1-2H3/b21-12-,22-20+/t18-/m0/s1. The van der Waals surface area contributed by atoms with Crippen molar-refractivity contribution in [3.05, 3.63) is 75.3 Å². The number of nitrogens with zero attached hydrogens (tertiary/aromatic N) is 4. The molecule has 0 N–H and O–H groups in total. The first kappa shape index (κ1) is 19.8. The van der Waals surface area contributed by atoms with E-state index in [0.717, 1.165) is 11.1 Å². The molecule has 0 saturated carbocycles. The van der Waals surface area contributed by atoms with Crippen LogP contribution in [0.3, 0.4) is 0 Å². The maximum atomic E-state index is 12.7. The van der Waals surface area contributed by atoms with Crippen LogP contribution in [-0.2, 0) is 11.3 Å². The number of nitro benzene ring substituents is 1. The van der Waals surface area contributed by atoms with Gasteiger partial charge in [0.15, 0.2) is 5.17 Å². The van der Waals surface area contributed by atoms with Crippen LogP contribution in [0.2, 0.25) is 0 Å². The molecule has 144 valence electrons. The Bertz CT molecular complexity index is 958. The van der Waals surface area contributed by atoms with Gasteiger partial charge in [-0.15, -0.1) is 5.10 Å². The zero-order chi connectivity index (χ0) is 20.1. The summed E-state index contributed by atoms with van der Waals surface area (Å²) in [7, 11) is 0. The van der Waals surface area contributed by atoms with Crippen molar-refractivity contribution >= 4 is 34.7 Å². The van der Waals surface area contributed by atoms with Crippen molar-refractivity contribution in [1.82, 2.24) is 4.90 Å². The maximum Gasteiger partial charge on any atom is 0.270 e. The van der Waals surface area contributed by atoms with E-state index in [2.05, 4.69) is 10.2 Å². The van der Waals surface area contributed by atoms with E-state index in [-0.39, 0.29) is 16.8 Å². The number of aryl methyl sites for hydroxylation is 1. The Kier molecular flexibility index (Phi) is 6.20. The van der Waals surface area contributed by atoms with Gasteiger partial charge in [0.1, 0.15) is 0 Å². The summed E-state index contributed by atoms with van der Waals surface area (Å²) < 4.78 is 0. The topological polar surface area (TPSA) is 88.2 Å². The van der Waals surface area contributed by atoms with Gasteiger partial charge in [-0.05, 0) is 24.5 Å². The summed E-state index contributed by atoms with van der Waals surface area (Å²) in [6, 6.07) is 14.1. The van der Waals surface area contributed by atoms with Crippen molar-refractivity contribution in [2.75, 3.05) is 0 Å². The number of non-ortho nitro benzene ring substituents is 1. The fraction of sp³-hybridized carbons (Fsp3) is 0.250. The summed E-state index contributed by atoms with van der Waals surface area (Å²) in [6.45, 7) is 4.43. The molecule has 1 heterocycles. The third-order valence-corrected chi connectivity index (χ3v) is 5.74. The molecule has 1 amide bonds. The molecule has 0 radical (unpaired) electrons. The Balaban J connectivity index is 1.83. The maximum absolute atomic E-state index is 12.7.